The van der Waals surface area contributed by atoms with Crippen LogP contribution in [0.1, 0.15) is 11.3 Å². The molecule has 0 bridgehead atoms. The van der Waals surface area contributed by atoms with Crippen molar-refractivity contribution in [2.24, 2.45) is 7.05 Å². The standard InChI is InChI=1S/C11H13F3N6O/c1-20-9(4-8(19-20)11(12,13)14)18-10(21)15-3-2-7-5-16-17-6-7/h4-6H,2-3H2,1H3,(H,16,17)(H2,15,18,21). The molecule has 10 heteroatoms. The fourth-order valence-corrected chi connectivity index (χ4v) is 1.62. The van der Waals surface area contributed by atoms with Gasteiger partial charge in [0.15, 0.2) is 5.69 Å². The number of carbonyl (C=O) groups excluding carboxylic acids is 1. The maximum absolute atomic E-state index is 12.5. The maximum Gasteiger partial charge on any atom is 0.435 e. The molecule has 0 aliphatic rings. The lowest BCUT2D eigenvalue weighted by Gasteiger charge is -2.06. The third kappa shape index (κ3) is 3.97. The third-order valence-corrected chi connectivity index (χ3v) is 2.67. The number of H-pyrrole nitrogens is 1. The summed E-state index contributed by atoms with van der Waals surface area (Å²) >= 11 is 0. The molecule has 2 heterocycles. The molecule has 21 heavy (non-hydrogen) atoms. The van der Waals surface area contributed by atoms with E-state index in [4.69, 9.17) is 0 Å². The van der Waals surface area contributed by atoms with E-state index in [0.29, 0.717) is 13.0 Å². The molecule has 0 spiro atoms. The van der Waals surface area contributed by atoms with E-state index in [9.17, 15) is 18.0 Å². The van der Waals surface area contributed by atoms with E-state index >= 15 is 0 Å². The second kappa shape index (κ2) is 5.85. The number of nitrogens with zero attached hydrogens (tertiary/aromatic N) is 3. The van der Waals surface area contributed by atoms with E-state index in [2.05, 4.69) is 25.9 Å². The number of hydrogen-bond donors (Lipinski definition) is 3. The number of aromatic nitrogens is 4. The minimum atomic E-state index is -4.55. The Bertz CT molecular complexity index is 604. The van der Waals surface area contributed by atoms with Crippen LogP contribution in [-0.2, 0) is 19.6 Å². The van der Waals surface area contributed by atoms with Gasteiger partial charge in [0.2, 0.25) is 0 Å². The van der Waals surface area contributed by atoms with Crippen molar-refractivity contribution in [3.63, 3.8) is 0 Å². The SMILES string of the molecule is Cn1nc(C(F)(F)F)cc1NC(=O)NCCc1cn[nH]c1. The zero-order chi connectivity index (χ0) is 15.5. The molecule has 2 aromatic heterocycles. The monoisotopic (exact) mass is 302 g/mol. The first-order chi connectivity index (χ1) is 9.86. The third-order valence-electron chi connectivity index (χ3n) is 2.67. The van der Waals surface area contributed by atoms with Gasteiger partial charge in [-0.2, -0.15) is 23.4 Å². The molecule has 3 N–H and O–H groups in total. The number of alkyl halides is 3. The molecule has 0 radical (unpaired) electrons. The van der Waals surface area contributed by atoms with E-state index in [1.807, 2.05) is 0 Å². The van der Waals surface area contributed by atoms with Crippen molar-refractivity contribution in [2.45, 2.75) is 12.6 Å². The fraction of sp³-hybridized carbons (Fsp3) is 0.364. The average Bonchev–Trinajstić information content (AvgIpc) is 2.99. The van der Waals surface area contributed by atoms with Crippen LogP contribution in [0.3, 0.4) is 0 Å². The number of hydrogen-bond acceptors (Lipinski definition) is 3. The number of amides is 2. The van der Waals surface area contributed by atoms with Crippen LogP contribution in [0.2, 0.25) is 0 Å². The molecule has 114 valence electrons. The molecule has 0 aromatic carbocycles. The maximum atomic E-state index is 12.5. The summed E-state index contributed by atoms with van der Waals surface area (Å²) in [6.07, 6.45) is -0.675. The van der Waals surface area contributed by atoms with Gasteiger partial charge in [-0.3, -0.25) is 15.1 Å². The highest BCUT2D eigenvalue weighted by Gasteiger charge is 2.34. The minimum Gasteiger partial charge on any atom is -0.337 e. The predicted octanol–water partition coefficient (Wildman–Crippen LogP) is 1.53. The minimum absolute atomic E-state index is 0.0388. The Kier molecular flexibility index (Phi) is 4.15. The van der Waals surface area contributed by atoms with Gasteiger partial charge in [-0.05, 0) is 12.0 Å². The molecule has 2 rings (SSSR count). The number of nitrogens with one attached hydrogen (secondary N) is 3. The molecule has 2 amide bonds. The number of urea groups is 1. The second-order valence-electron chi connectivity index (χ2n) is 4.27. The molecule has 0 aliphatic carbocycles. The van der Waals surface area contributed by atoms with Crippen LogP contribution in [0.4, 0.5) is 23.8 Å². The molecule has 0 fully saturated rings. The molecular formula is C11H13F3N6O. The Balaban J connectivity index is 1.86. The zero-order valence-corrected chi connectivity index (χ0v) is 11.0. The summed E-state index contributed by atoms with van der Waals surface area (Å²) in [7, 11) is 1.32. The van der Waals surface area contributed by atoms with Crippen molar-refractivity contribution in [3.05, 3.63) is 29.7 Å². The van der Waals surface area contributed by atoms with Crippen molar-refractivity contribution in [1.82, 2.24) is 25.3 Å². The van der Waals surface area contributed by atoms with Crippen LogP contribution in [-0.4, -0.2) is 32.6 Å². The van der Waals surface area contributed by atoms with Gasteiger partial charge in [0.1, 0.15) is 5.82 Å². The average molecular weight is 302 g/mol. The summed E-state index contributed by atoms with van der Waals surface area (Å²) in [6.45, 7) is 0.329. The fourth-order valence-electron chi connectivity index (χ4n) is 1.62. The van der Waals surface area contributed by atoms with Gasteiger partial charge in [-0.1, -0.05) is 0 Å². The lowest BCUT2D eigenvalue weighted by Crippen LogP contribution is -2.31. The highest BCUT2D eigenvalue weighted by atomic mass is 19.4. The lowest BCUT2D eigenvalue weighted by molar-refractivity contribution is -0.141. The summed E-state index contributed by atoms with van der Waals surface area (Å²) in [5.74, 6) is -0.0388. The molecular weight excluding hydrogens is 289 g/mol. The largest absolute Gasteiger partial charge is 0.435 e. The van der Waals surface area contributed by atoms with E-state index in [0.717, 1.165) is 16.3 Å². The Labute approximate surface area is 117 Å². The van der Waals surface area contributed by atoms with Crippen molar-refractivity contribution < 1.29 is 18.0 Å². The number of aromatic amines is 1. The second-order valence-corrected chi connectivity index (χ2v) is 4.27. The van der Waals surface area contributed by atoms with Crippen LogP contribution in [0.15, 0.2) is 18.5 Å². The summed E-state index contributed by atoms with van der Waals surface area (Å²) in [5, 5.41) is 14.5. The predicted molar refractivity (Wildman–Crippen MR) is 67.5 cm³/mol. The molecule has 0 saturated heterocycles. The van der Waals surface area contributed by atoms with Crippen LogP contribution < -0.4 is 10.6 Å². The summed E-state index contributed by atoms with van der Waals surface area (Å²) < 4.78 is 38.4. The number of halogens is 3. The molecule has 0 atom stereocenters. The number of aryl methyl sites for hydroxylation is 1. The first kappa shape index (κ1) is 14.9. The lowest BCUT2D eigenvalue weighted by atomic mass is 10.2. The van der Waals surface area contributed by atoms with Crippen molar-refractivity contribution in [3.8, 4) is 0 Å². The summed E-state index contributed by atoms with van der Waals surface area (Å²) in [5.41, 5.74) is -0.145. The number of rotatable bonds is 4. The van der Waals surface area contributed by atoms with Gasteiger partial charge in [0.05, 0.1) is 6.20 Å². The normalized spacial score (nSPS) is 11.4. The first-order valence-corrected chi connectivity index (χ1v) is 6.00. The summed E-state index contributed by atoms with van der Waals surface area (Å²) in [4.78, 5) is 11.6. The highest BCUT2D eigenvalue weighted by Crippen LogP contribution is 2.29. The van der Waals surface area contributed by atoms with E-state index in [-0.39, 0.29) is 5.82 Å². The van der Waals surface area contributed by atoms with Gasteiger partial charge < -0.3 is 5.32 Å². The van der Waals surface area contributed by atoms with Crippen LogP contribution in [0, 0.1) is 0 Å². The van der Waals surface area contributed by atoms with Crippen LogP contribution >= 0.6 is 0 Å². The zero-order valence-electron chi connectivity index (χ0n) is 11.0. The molecule has 7 nitrogen and oxygen atoms in total. The van der Waals surface area contributed by atoms with Crippen molar-refractivity contribution in [1.29, 1.82) is 0 Å². The number of carbonyl (C=O) groups is 1. The van der Waals surface area contributed by atoms with Gasteiger partial charge in [0, 0.05) is 25.9 Å². The smallest absolute Gasteiger partial charge is 0.337 e. The van der Waals surface area contributed by atoms with Crippen LogP contribution in [0.25, 0.3) is 0 Å². The Morgan fingerprint density at radius 3 is 2.81 bits per heavy atom. The first-order valence-electron chi connectivity index (χ1n) is 6.00. The topological polar surface area (TPSA) is 87.6 Å². The molecule has 0 saturated carbocycles. The van der Waals surface area contributed by atoms with Gasteiger partial charge in [-0.15, -0.1) is 0 Å². The summed E-state index contributed by atoms with van der Waals surface area (Å²) in [6, 6.07) is 0.172. The Morgan fingerprint density at radius 1 is 1.48 bits per heavy atom. The molecule has 2 aromatic rings. The van der Waals surface area contributed by atoms with Crippen LogP contribution in [0.5, 0.6) is 0 Å². The van der Waals surface area contributed by atoms with Gasteiger partial charge >= 0.3 is 12.2 Å². The van der Waals surface area contributed by atoms with E-state index in [1.54, 1.807) is 12.4 Å². The van der Waals surface area contributed by atoms with E-state index < -0.39 is 17.9 Å². The quantitative estimate of drug-likeness (QED) is 0.800. The van der Waals surface area contributed by atoms with Crippen molar-refractivity contribution in [2.75, 3.05) is 11.9 Å². The van der Waals surface area contributed by atoms with Gasteiger partial charge in [0.25, 0.3) is 0 Å². The molecule has 0 aliphatic heterocycles. The van der Waals surface area contributed by atoms with E-state index in [1.165, 1.54) is 7.05 Å². The highest BCUT2D eigenvalue weighted by molar-refractivity contribution is 5.88. The van der Waals surface area contributed by atoms with Crippen molar-refractivity contribution >= 4 is 11.8 Å². The Hall–Kier alpha value is -2.52. The Morgan fingerprint density at radius 2 is 2.24 bits per heavy atom. The van der Waals surface area contributed by atoms with Gasteiger partial charge in [-0.25, -0.2) is 4.79 Å². The molecule has 0 unspecified atom stereocenters. The number of anilines is 1.